The van der Waals surface area contributed by atoms with Gasteiger partial charge in [0.1, 0.15) is 22.3 Å². The average molecular weight is 425 g/mol. The van der Waals surface area contributed by atoms with E-state index in [4.69, 9.17) is 0 Å². The van der Waals surface area contributed by atoms with E-state index in [1.807, 2.05) is 13.0 Å². The highest BCUT2D eigenvalue weighted by Gasteiger charge is 2.29. The van der Waals surface area contributed by atoms with Gasteiger partial charge in [-0.05, 0) is 55.7 Å². The number of amides is 2. The van der Waals surface area contributed by atoms with Crippen molar-refractivity contribution < 1.29 is 14.0 Å². The number of piperidine rings is 1. The Labute approximate surface area is 177 Å². The Morgan fingerprint density at radius 1 is 1.13 bits per heavy atom. The van der Waals surface area contributed by atoms with Gasteiger partial charge in [0.2, 0.25) is 5.91 Å². The van der Waals surface area contributed by atoms with Crippen LogP contribution in [-0.2, 0) is 4.79 Å². The van der Waals surface area contributed by atoms with Crippen molar-refractivity contribution in [1.29, 1.82) is 0 Å². The van der Waals surface area contributed by atoms with Crippen LogP contribution in [0.4, 0.5) is 10.2 Å². The van der Waals surface area contributed by atoms with Gasteiger partial charge in [-0.2, -0.15) is 0 Å². The fourth-order valence-electron chi connectivity index (χ4n) is 3.37. The fraction of sp³-hybridized carbons (Fsp3) is 0.273. The highest BCUT2D eigenvalue weighted by atomic mass is 32.1. The second-order valence-corrected chi connectivity index (χ2v) is 8.18. The molecule has 3 aromatic rings. The molecule has 1 fully saturated rings. The van der Waals surface area contributed by atoms with E-state index < -0.39 is 0 Å². The zero-order chi connectivity index (χ0) is 21.1. The maximum Gasteiger partial charge on any atom is 0.273 e. The summed E-state index contributed by atoms with van der Waals surface area (Å²) in [4.78, 5) is 35.6. The second kappa shape index (κ2) is 8.71. The van der Waals surface area contributed by atoms with Crippen LogP contribution in [-0.4, -0.2) is 39.8 Å². The zero-order valence-electron chi connectivity index (χ0n) is 16.5. The minimum Gasteiger partial charge on any atom is -0.337 e. The summed E-state index contributed by atoms with van der Waals surface area (Å²) in [6.45, 7) is 2.94. The molecule has 1 saturated heterocycles. The van der Waals surface area contributed by atoms with Crippen LogP contribution in [0.25, 0.3) is 10.6 Å². The van der Waals surface area contributed by atoms with Crippen LogP contribution in [0.2, 0.25) is 0 Å². The molecule has 0 bridgehead atoms. The number of benzene rings is 1. The van der Waals surface area contributed by atoms with Gasteiger partial charge < -0.3 is 10.2 Å². The van der Waals surface area contributed by atoms with E-state index in [1.54, 1.807) is 34.7 Å². The number of aryl methyl sites for hydroxylation is 1. The summed E-state index contributed by atoms with van der Waals surface area (Å²) < 4.78 is 13.1. The molecular formula is C22H21FN4O2S. The number of rotatable bonds is 4. The second-order valence-electron chi connectivity index (χ2n) is 7.32. The maximum absolute atomic E-state index is 13.1. The van der Waals surface area contributed by atoms with Crippen LogP contribution in [0.3, 0.4) is 0 Å². The number of thiazole rings is 1. The minimum absolute atomic E-state index is 0.0642. The van der Waals surface area contributed by atoms with E-state index >= 15 is 0 Å². The molecule has 1 aromatic carbocycles. The first-order valence-corrected chi connectivity index (χ1v) is 10.6. The van der Waals surface area contributed by atoms with Crippen molar-refractivity contribution in [3.05, 3.63) is 65.0 Å². The molecule has 30 heavy (non-hydrogen) atoms. The number of carbonyl (C=O) groups is 2. The number of hydrogen-bond acceptors (Lipinski definition) is 5. The molecule has 1 N–H and O–H groups in total. The van der Waals surface area contributed by atoms with Crippen molar-refractivity contribution in [1.82, 2.24) is 14.9 Å². The molecule has 0 aliphatic carbocycles. The molecule has 8 heteroatoms. The van der Waals surface area contributed by atoms with Gasteiger partial charge in [0.15, 0.2) is 0 Å². The molecule has 2 amide bonds. The normalized spacial score (nSPS) is 14.5. The van der Waals surface area contributed by atoms with Crippen LogP contribution in [0, 0.1) is 18.7 Å². The highest BCUT2D eigenvalue weighted by Crippen LogP contribution is 2.26. The van der Waals surface area contributed by atoms with Gasteiger partial charge >= 0.3 is 0 Å². The molecule has 0 spiro atoms. The molecular weight excluding hydrogens is 403 g/mol. The van der Waals surface area contributed by atoms with Gasteiger partial charge in [0, 0.05) is 36.1 Å². The van der Waals surface area contributed by atoms with Crippen molar-refractivity contribution >= 4 is 29.0 Å². The van der Waals surface area contributed by atoms with E-state index in [0.29, 0.717) is 42.5 Å². The monoisotopic (exact) mass is 424 g/mol. The summed E-state index contributed by atoms with van der Waals surface area (Å²) in [6, 6.07) is 9.73. The standard InChI is InChI=1S/C22H21FN4O2S/c1-14-2-7-19(24-12-14)26-20(28)15-8-10-27(11-9-15)22(29)18-13-30-21(25-18)16-3-5-17(23)6-4-16/h2-7,12-13,15H,8-11H2,1H3,(H,24,26,28). The zero-order valence-corrected chi connectivity index (χ0v) is 17.3. The van der Waals surface area contributed by atoms with Crippen LogP contribution in [0.15, 0.2) is 48.0 Å². The lowest BCUT2D eigenvalue weighted by Gasteiger charge is -2.30. The van der Waals surface area contributed by atoms with Gasteiger partial charge in [-0.1, -0.05) is 6.07 Å². The first-order valence-electron chi connectivity index (χ1n) is 9.74. The number of anilines is 1. The van der Waals surface area contributed by atoms with Gasteiger partial charge in [0.05, 0.1) is 0 Å². The van der Waals surface area contributed by atoms with Crippen LogP contribution < -0.4 is 5.32 Å². The number of nitrogens with one attached hydrogen (secondary N) is 1. The molecule has 4 rings (SSSR count). The predicted molar refractivity (Wildman–Crippen MR) is 114 cm³/mol. The fourth-order valence-corrected chi connectivity index (χ4v) is 4.17. The average Bonchev–Trinajstić information content (AvgIpc) is 3.26. The minimum atomic E-state index is -0.309. The molecule has 1 aliphatic rings. The van der Waals surface area contributed by atoms with Gasteiger partial charge in [-0.15, -0.1) is 11.3 Å². The van der Waals surface area contributed by atoms with Gasteiger partial charge in [-0.25, -0.2) is 14.4 Å². The summed E-state index contributed by atoms with van der Waals surface area (Å²) in [6.07, 6.45) is 2.90. The van der Waals surface area contributed by atoms with Crippen molar-refractivity contribution in [2.75, 3.05) is 18.4 Å². The summed E-state index contributed by atoms with van der Waals surface area (Å²) in [5.41, 5.74) is 2.19. The summed E-state index contributed by atoms with van der Waals surface area (Å²) in [5, 5.41) is 5.25. The predicted octanol–water partition coefficient (Wildman–Crippen LogP) is 4.14. The molecule has 1 aliphatic heterocycles. The van der Waals surface area contributed by atoms with E-state index in [2.05, 4.69) is 15.3 Å². The number of aromatic nitrogens is 2. The molecule has 2 aromatic heterocycles. The maximum atomic E-state index is 13.1. The molecule has 154 valence electrons. The number of halogens is 1. The number of carbonyl (C=O) groups excluding carboxylic acids is 2. The van der Waals surface area contributed by atoms with Gasteiger partial charge in [0.25, 0.3) is 5.91 Å². The molecule has 0 unspecified atom stereocenters. The molecule has 6 nitrogen and oxygen atoms in total. The smallest absolute Gasteiger partial charge is 0.273 e. The van der Waals surface area contributed by atoms with E-state index in [1.165, 1.54) is 23.5 Å². The number of pyridine rings is 1. The van der Waals surface area contributed by atoms with Crippen molar-refractivity contribution in [3.63, 3.8) is 0 Å². The Bertz CT molecular complexity index is 1040. The van der Waals surface area contributed by atoms with Crippen molar-refractivity contribution in [2.45, 2.75) is 19.8 Å². The number of hydrogen-bond donors (Lipinski definition) is 1. The third-order valence-electron chi connectivity index (χ3n) is 5.13. The topological polar surface area (TPSA) is 75.2 Å². The molecule has 3 heterocycles. The Kier molecular flexibility index (Phi) is 5.85. The Balaban J connectivity index is 1.33. The summed E-state index contributed by atoms with van der Waals surface area (Å²) in [7, 11) is 0. The Morgan fingerprint density at radius 3 is 2.53 bits per heavy atom. The SMILES string of the molecule is Cc1ccc(NC(=O)C2CCN(C(=O)c3csc(-c4ccc(F)cc4)n3)CC2)nc1. The molecule has 0 saturated carbocycles. The third-order valence-corrected chi connectivity index (χ3v) is 6.02. The van der Waals surface area contributed by atoms with E-state index in [9.17, 15) is 14.0 Å². The van der Waals surface area contributed by atoms with Crippen molar-refractivity contribution in [2.24, 2.45) is 5.92 Å². The molecule has 0 atom stereocenters. The largest absolute Gasteiger partial charge is 0.337 e. The van der Waals surface area contributed by atoms with Crippen LogP contribution >= 0.6 is 11.3 Å². The first-order chi connectivity index (χ1) is 14.5. The van der Waals surface area contributed by atoms with E-state index in [0.717, 1.165) is 11.1 Å². The summed E-state index contributed by atoms with van der Waals surface area (Å²) in [5.74, 6) is -0.122. The lowest BCUT2D eigenvalue weighted by Crippen LogP contribution is -2.41. The van der Waals surface area contributed by atoms with Crippen LogP contribution in [0.1, 0.15) is 28.9 Å². The third kappa shape index (κ3) is 4.54. The molecule has 0 radical (unpaired) electrons. The number of nitrogens with zero attached hydrogens (tertiary/aromatic N) is 3. The Hall–Kier alpha value is -3.13. The number of likely N-dealkylation sites (tertiary alicyclic amines) is 1. The lowest BCUT2D eigenvalue weighted by molar-refractivity contribution is -0.121. The summed E-state index contributed by atoms with van der Waals surface area (Å²) >= 11 is 1.36. The Morgan fingerprint density at radius 2 is 1.87 bits per heavy atom. The lowest BCUT2D eigenvalue weighted by atomic mass is 9.95. The quantitative estimate of drug-likeness (QED) is 0.683. The highest BCUT2D eigenvalue weighted by molar-refractivity contribution is 7.13. The van der Waals surface area contributed by atoms with Crippen molar-refractivity contribution in [3.8, 4) is 10.6 Å². The van der Waals surface area contributed by atoms with Crippen LogP contribution in [0.5, 0.6) is 0 Å². The van der Waals surface area contributed by atoms with E-state index in [-0.39, 0.29) is 23.5 Å². The first kappa shape index (κ1) is 20.2. The van der Waals surface area contributed by atoms with Gasteiger partial charge in [-0.3, -0.25) is 9.59 Å².